The average Bonchev–Trinajstić information content (AvgIpc) is 3.09. The molecule has 0 aliphatic carbocycles. The number of carbonyl (C=O) groups is 1. The van der Waals surface area contributed by atoms with E-state index in [-0.39, 0.29) is 12.5 Å². The number of ether oxygens (including phenoxy) is 1. The van der Waals surface area contributed by atoms with Crippen LogP contribution in [0.2, 0.25) is 0 Å². The van der Waals surface area contributed by atoms with Gasteiger partial charge in [0, 0.05) is 19.2 Å². The molecule has 130 valence electrons. The van der Waals surface area contributed by atoms with E-state index < -0.39 is 0 Å². The minimum Gasteiger partial charge on any atom is -0.484 e. The lowest BCUT2D eigenvalue weighted by Crippen LogP contribution is -2.30. The Morgan fingerprint density at radius 1 is 1.00 bits per heavy atom. The predicted octanol–water partition coefficient (Wildman–Crippen LogP) is 2.62. The number of nitrogens with zero attached hydrogens (tertiary/aromatic N) is 3. The first-order valence-corrected chi connectivity index (χ1v) is 8.46. The molecule has 4 aromatic rings. The van der Waals surface area contributed by atoms with Crippen LogP contribution in [0.15, 0.2) is 66.9 Å². The summed E-state index contributed by atoms with van der Waals surface area (Å²) in [5.74, 6) is 1.34. The Morgan fingerprint density at radius 2 is 1.85 bits per heavy atom. The molecule has 0 aliphatic heterocycles. The molecule has 1 N–H and O–H groups in total. The maximum absolute atomic E-state index is 12.0. The van der Waals surface area contributed by atoms with Crippen LogP contribution in [0.4, 0.5) is 0 Å². The quantitative estimate of drug-likeness (QED) is 0.583. The van der Waals surface area contributed by atoms with Gasteiger partial charge in [-0.25, -0.2) is 0 Å². The standard InChI is InChI=1S/C20H18N4O2/c25-20(14-26-17-9-8-15-5-1-2-6-16(15)13-17)21-11-10-19-23-22-18-7-3-4-12-24(18)19/h1-9,12-13H,10-11,14H2,(H,21,25). The summed E-state index contributed by atoms with van der Waals surface area (Å²) in [6.07, 6.45) is 2.52. The Balaban J connectivity index is 1.28. The van der Waals surface area contributed by atoms with Crippen LogP contribution in [0.3, 0.4) is 0 Å². The van der Waals surface area contributed by atoms with Crippen LogP contribution >= 0.6 is 0 Å². The number of amides is 1. The molecular formula is C20H18N4O2. The van der Waals surface area contributed by atoms with Gasteiger partial charge in [-0.05, 0) is 35.0 Å². The molecule has 0 spiro atoms. The van der Waals surface area contributed by atoms with Crippen molar-refractivity contribution in [2.75, 3.05) is 13.2 Å². The Kier molecular flexibility index (Phi) is 4.47. The van der Waals surface area contributed by atoms with Crippen LogP contribution < -0.4 is 10.1 Å². The zero-order valence-corrected chi connectivity index (χ0v) is 14.1. The lowest BCUT2D eigenvalue weighted by molar-refractivity contribution is -0.123. The van der Waals surface area contributed by atoms with E-state index in [4.69, 9.17) is 4.74 Å². The summed E-state index contributed by atoms with van der Waals surface area (Å²) in [6, 6.07) is 19.6. The second kappa shape index (κ2) is 7.23. The molecule has 0 bridgehead atoms. The van der Waals surface area contributed by atoms with Gasteiger partial charge in [0.15, 0.2) is 12.3 Å². The van der Waals surface area contributed by atoms with Crippen molar-refractivity contribution in [1.29, 1.82) is 0 Å². The highest BCUT2D eigenvalue weighted by atomic mass is 16.5. The van der Waals surface area contributed by atoms with Crippen molar-refractivity contribution in [3.63, 3.8) is 0 Å². The summed E-state index contributed by atoms with van der Waals surface area (Å²) in [7, 11) is 0. The zero-order chi connectivity index (χ0) is 17.8. The highest BCUT2D eigenvalue weighted by Gasteiger charge is 2.07. The van der Waals surface area contributed by atoms with E-state index in [2.05, 4.69) is 15.5 Å². The maximum atomic E-state index is 12.0. The molecule has 6 heteroatoms. The first kappa shape index (κ1) is 16.1. The summed E-state index contributed by atoms with van der Waals surface area (Å²) < 4.78 is 7.50. The Labute approximate surface area is 150 Å². The minimum atomic E-state index is -0.160. The molecular weight excluding hydrogens is 328 g/mol. The van der Waals surface area contributed by atoms with Crippen LogP contribution in [0.5, 0.6) is 5.75 Å². The molecule has 0 unspecified atom stereocenters. The summed E-state index contributed by atoms with van der Waals surface area (Å²) in [6.45, 7) is 0.467. The lowest BCUT2D eigenvalue weighted by Gasteiger charge is -2.08. The third-order valence-corrected chi connectivity index (χ3v) is 4.15. The normalized spacial score (nSPS) is 10.9. The van der Waals surface area contributed by atoms with E-state index in [0.717, 1.165) is 22.2 Å². The third-order valence-electron chi connectivity index (χ3n) is 4.15. The molecule has 26 heavy (non-hydrogen) atoms. The van der Waals surface area contributed by atoms with Crippen molar-refractivity contribution in [1.82, 2.24) is 19.9 Å². The average molecular weight is 346 g/mol. The van der Waals surface area contributed by atoms with Gasteiger partial charge in [0.05, 0.1) is 0 Å². The fourth-order valence-corrected chi connectivity index (χ4v) is 2.83. The van der Waals surface area contributed by atoms with E-state index >= 15 is 0 Å². The summed E-state index contributed by atoms with van der Waals surface area (Å²) >= 11 is 0. The van der Waals surface area contributed by atoms with Gasteiger partial charge >= 0.3 is 0 Å². The van der Waals surface area contributed by atoms with Gasteiger partial charge in [-0.15, -0.1) is 10.2 Å². The Morgan fingerprint density at radius 3 is 2.77 bits per heavy atom. The Hall–Kier alpha value is -3.41. The largest absolute Gasteiger partial charge is 0.484 e. The smallest absolute Gasteiger partial charge is 0.257 e. The monoisotopic (exact) mass is 346 g/mol. The number of rotatable bonds is 6. The van der Waals surface area contributed by atoms with Crippen LogP contribution in [-0.2, 0) is 11.2 Å². The third kappa shape index (κ3) is 3.49. The number of pyridine rings is 1. The number of aromatic nitrogens is 3. The first-order valence-electron chi connectivity index (χ1n) is 8.46. The number of hydrogen-bond acceptors (Lipinski definition) is 4. The molecule has 0 saturated carbocycles. The molecule has 6 nitrogen and oxygen atoms in total. The highest BCUT2D eigenvalue weighted by Crippen LogP contribution is 2.20. The molecule has 0 aliphatic rings. The molecule has 2 aromatic carbocycles. The molecule has 2 heterocycles. The molecule has 0 atom stereocenters. The molecule has 1 amide bonds. The molecule has 2 aromatic heterocycles. The van der Waals surface area contributed by atoms with Crippen LogP contribution in [0.1, 0.15) is 5.82 Å². The zero-order valence-electron chi connectivity index (χ0n) is 14.1. The molecule has 0 saturated heterocycles. The van der Waals surface area contributed by atoms with Gasteiger partial charge < -0.3 is 10.1 Å². The summed E-state index contributed by atoms with van der Waals surface area (Å²) in [5.41, 5.74) is 0.800. The number of nitrogens with one attached hydrogen (secondary N) is 1. The second-order valence-electron chi connectivity index (χ2n) is 5.94. The maximum Gasteiger partial charge on any atom is 0.257 e. The lowest BCUT2D eigenvalue weighted by atomic mass is 10.1. The van der Waals surface area contributed by atoms with Crippen LogP contribution in [0.25, 0.3) is 16.4 Å². The van der Waals surface area contributed by atoms with Crippen molar-refractivity contribution in [3.8, 4) is 5.75 Å². The molecule has 4 rings (SSSR count). The van der Waals surface area contributed by atoms with Crippen molar-refractivity contribution < 1.29 is 9.53 Å². The molecule has 0 fully saturated rings. The number of fused-ring (bicyclic) bond motifs is 2. The van der Waals surface area contributed by atoms with Gasteiger partial charge in [-0.2, -0.15) is 0 Å². The highest BCUT2D eigenvalue weighted by molar-refractivity contribution is 5.84. The van der Waals surface area contributed by atoms with Gasteiger partial charge in [-0.3, -0.25) is 9.20 Å². The van der Waals surface area contributed by atoms with Crippen LogP contribution in [-0.4, -0.2) is 33.7 Å². The second-order valence-corrected chi connectivity index (χ2v) is 5.94. The number of hydrogen-bond donors (Lipinski definition) is 1. The van der Waals surface area contributed by atoms with Gasteiger partial charge in [0.2, 0.25) is 0 Å². The van der Waals surface area contributed by atoms with E-state index in [1.807, 2.05) is 71.3 Å². The number of benzene rings is 2. The van der Waals surface area contributed by atoms with Crippen molar-refractivity contribution in [3.05, 3.63) is 72.7 Å². The van der Waals surface area contributed by atoms with E-state index in [1.54, 1.807) is 0 Å². The van der Waals surface area contributed by atoms with Gasteiger partial charge in [0.25, 0.3) is 5.91 Å². The van der Waals surface area contributed by atoms with Crippen molar-refractivity contribution in [2.24, 2.45) is 0 Å². The van der Waals surface area contributed by atoms with Crippen LogP contribution in [0, 0.1) is 0 Å². The van der Waals surface area contributed by atoms with Gasteiger partial charge in [0.1, 0.15) is 11.6 Å². The van der Waals surface area contributed by atoms with E-state index in [1.165, 1.54) is 0 Å². The fraction of sp³-hybridized carbons (Fsp3) is 0.150. The SMILES string of the molecule is O=C(COc1ccc2ccccc2c1)NCCc1nnc2ccccn12. The van der Waals surface area contributed by atoms with Crippen molar-refractivity contribution >= 4 is 22.3 Å². The number of carbonyl (C=O) groups excluding carboxylic acids is 1. The summed E-state index contributed by atoms with van der Waals surface area (Å²) in [4.78, 5) is 12.0. The first-order chi connectivity index (χ1) is 12.8. The van der Waals surface area contributed by atoms with E-state index in [9.17, 15) is 4.79 Å². The summed E-state index contributed by atoms with van der Waals surface area (Å²) in [5, 5.41) is 13.3. The topological polar surface area (TPSA) is 68.5 Å². The predicted molar refractivity (Wildman–Crippen MR) is 99.1 cm³/mol. The minimum absolute atomic E-state index is 0.0150. The molecule has 0 radical (unpaired) electrons. The fourth-order valence-electron chi connectivity index (χ4n) is 2.83. The Bertz CT molecular complexity index is 1060. The van der Waals surface area contributed by atoms with Gasteiger partial charge in [-0.1, -0.05) is 36.4 Å². The van der Waals surface area contributed by atoms with E-state index in [0.29, 0.717) is 18.7 Å². The van der Waals surface area contributed by atoms with Crippen molar-refractivity contribution in [2.45, 2.75) is 6.42 Å².